The number of amides is 1. The van der Waals surface area contributed by atoms with Gasteiger partial charge in [-0.15, -0.1) is 25.5 Å². The highest BCUT2D eigenvalue weighted by molar-refractivity contribution is 8.01. The van der Waals surface area contributed by atoms with Crippen LogP contribution in [0.1, 0.15) is 112 Å². The molecule has 0 aliphatic heterocycles. The van der Waals surface area contributed by atoms with Crippen LogP contribution < -0.4 is 5.14 Å². The number of nitrogens with two attached hydrogens (primary N) is 1. The SMILES string of the molecule is CC(=O)c1ccccc1C(=O)C(N=Nc1cccnc1)S(C)(=O)=O.CC(=O)c1ccccc1C(=O)C(N=Nc1nc(C)ns1)S(N)(=O)=O.CC(=O)c1ncccc1C(=O)C(N=Nc1nc2ccccc2s1)C(=O)N(C)C.CCSc1nnc(N=NC(C#N)C(=O)c2ccccc2C#N)s1. The molecule has 0 saturated heterocycles. The van der Waals surface area contributed by atoms with Crippen LogP contribution in [-0.2, 0) is 24.7 Å². The van der Waals surface area contributed by atoms with Crippen LogP contribution in [0.2, 0.25) is 0 Å². The van der Waals surface area contributed by atoms with E-state index in [4.69, 9.17) is 15.7 Å². The number of sulfonamides is 1. The van der Waals surface area contributed by atoms with Gasteiger partial charge in [-0.2, -0.15) is 40.5 Å². The highest BCUT2D eigenvalue weighted by Crippen LogP contribution is 2.30. The van der Waals surface area contributed by atoms with Crippen molar-refractivity contribution in [3.63, 3.8) is 0 Å². The number of hydrogen-bond acceptors (Lipinski definition) is 33. The number of thioether (sulfide) groups is 1. The van der Waals surface area contributed by atoms with Crippen molar-refractivity contribution in [1.82, 2.24) is 39.4 Å². The Bertz CT molecular complexity index is 4920. The standard InChI is InChI=1S/C19H17N5O3S.C16H15N3O4S.C14H10N6OS2.C13H13N5O4S2/c1-11(25)15-12(7-6-10-20-15)17(26)16(18(27)24(2)3)22-23-19-21-13-8-4-5-9-14(13)28-19;1-11(20)13-7-3-4-8-14(13)15(21)16(24(2,22)23)19-18-12-6-5-9-17-10-12;1-2-22-14-20-19-13(23-14)18-17-11(8-16)12(21)10-6-4-3-5-9(10)7-15;1-7(19)9-5-3-4-6-10(9)11(20)12(24(14,21)22)16-17-13-15-8(2)18-23-13/h4-10,16H,1-3H3;3-10,16H,1-2H3;3-6,11H,2H2,1H3;3-6,12H,1-2H3,(H2,14,21,22). The zero-order valence-corrected chi connectivity index (χ0v) is 58.2. The number of carbonyl (C=O) groups excluding carboxylic acids is 8. The summed E-state index contributed by atoms with van der Waals surface area (Å²) < 4.78 is 53.0. The first-order valence-corrected chi connectivity index (χ1v) is 35.3. The monoisotopic (exact) mass is 1450 g/mol. The van der Waals surface area contributed by atoms with E-state index in [1.807, 2.05) is 37.3 Å². The van der Waals surface area contributed by atoms with E-state index in [0.29, 0.717) is 16.6 Å². The number of para-hydroxylation sites is 1. The number of carbonyl (C=O) groups is 8. The largest absolute Gasteiger partial charge is 0.346 e. The van der Waals surface area contributed by atoms with Crippen molar-refractivity contribution in [3.8, 4) is 12.1 Å². The van der Waals surface area contributed by atoms with Gasteiger partial charge < -0.3 is 4.90 Å². The molecule has 9 rings (SSSR count). The van der Waals surface area contributed by atoms with Crippen LogP contribution in [-0.4, -0.2) is 152 Å². The first kappa shape index (κ1) is 77.0. The lowest BCUT2D eigenvalue weighted by Crippen LogP contribution is -2.38. The second-order valence-electron chi connectivity index (χ2n) is 20.0. The summed E-state index contributed by atoms with van der Waals surface area (Å²) in [5.74, 6) is -3.28. The number of nitriles is 2. The summed E-state index contributed by atoms with van der Waals surface area (Å²) in [5.41, 5.74) is 1.61. The van der Waals surface area contributed by atoms with E-state index in [2.05, 4.69) is 75.4 Å². The van der Waals surface area contributed by atoms with Gasteiger partial charge in [-0.05, 0) is 75.1 Å². The van der Waals surface area contributed by atoms with E-state index in [9.17, 15) is 55.2 Å². The minimum atomic E-state index is -4.38. The number of thiazole rings is 1. The Balaban J connectivity index is 0.000000209. The Morgan fingerprint density at radius 1 is 0.606 bits per heavy atom. The van der Waals surface area contributed by atoms with Gasteiger partial charge in [0.15, 0.2) is 31.5 Å². The molecular formula is C62H55N19O12S6. The number of primary sulfonamides is 1. The number of Topliss-reactive ketones (excluding diaryl/α,β-unsaturated/α-hetero) is 7. The Morgan fingerprint density at radius 3 is 1.72 bits per heavy atom. The van der Waals surface area contributed by atoms with Crippen molar-refractivity contribution in [2.75, 3.05) is 26.1 Å². The average molecular weight is 1450 g/mol. The van der Waals surface area contributed by atoms with Crippen LogP contribution in [0.3, 0.4) is 0 Å². The van der Waals surface area contributed by atoms with Crippen LogP contribution >= 0.6 is 46.0 Å². The molecule has 1 amide bonds. The van der Waals surface area contributed by atoms with E-state index in [1.165, 1.54) is 147 Å². The normalized spacial score (nSPS) is 12.5. The number of rotatable bonds is 24. The Hall–Kier alpha value is -11.1. The second-order valence-corrected chi connectivity index (χ2v) is 27.9. The molecule has 0 saturated carbocycles. The maximum absolute atomic E-state index is 13.0. The van der Waals surface area contributed by atoms with Gasteiger partial charge in [0.05, 0.1) is 34.1 Å². The smallest absolute Gasteiger partial charge is 0.256 e. The number of azo groups is 4. The third kappa shape index (κ3) is 22.0. The first-order valence-electron chi connectivity index (χ1n) is 28.4. The molecule has 0 radical (unpaired) electrons. The molecule has 0 spiro atoms. The van der Waals surface area contributed by atoms with Crippen LogP contribution in [0.25, 0.3) is 10.2 Å². The van der Waals surface area contributed by atoms with Crippen molar-refractivity contribution in [2.24, 2.45) is 46.1 Å². The lowest BCUT2D eigenvalue weighted by Gasteiger charge is -2.16. The van der Waals surface area contributed by atoms with E-state index in [1.54, 1.807) is 55.5 Å². The summed E-state index contributed by atoms with van der Waals surface area (Å²) in [6.45, 7) is 7.50. The molecule has 506 valence electrons. The summed E-state index contributed by atoms with van der Waals surface area (Å²) in [4.78, 5) is 115. The maximum Gasteiger partial charge on any atom is 0.256 e. The summed E-state index contributed by atoms with van der Waals surface area (Å²) in [5, 5.41) is 58.2. The summed E-state index contributed by atoms with van der Waals surface area (Å²) >= 11 is 4.95. The Kier molecular flexibility index (Phi) is 28.2. The highest BCUT2D eigenvalue weighted by atomic mass is 32.2. The van der Waals surface area contributed by atoms with Crippen LogP contribution in [0.4, 0.5) is 21.1 Å². The number of aryl methyl sites for hydroxylation is 1. The number of hydrogen-bond donors (Lipinski definition) is 1. The van der Waals surface area contributed by atoms with Gasteiger partial charge in [0.2, 0.25) is 66.3 Å². The van der Waals surface area contributed by atoms with Crippen molar-refractivity contribution >= 4 is 144 Å². The zero-order valence-electron chi connectivity index (χ0n) is 53.3. The first-order chi connectivity index (χ1) is 47.1. The number of likely N-dealkylation sites (N-methyl/N-ethyl adjacent to an activating group) is 1. The average Bonchev–Trinajstić information content (AvgIpc) is 1.35. The van der Waals surface area contributed by atoms with Crippen molar-refractivity contribution < 1.29 is 55.2 Å². The number of pyridine rings is 2. The van der Waals surface area contributed by atoms with E-state index in [-0.39, 0.29) is 72.3 Å². The van der Waals surface area contributed by atoms with Gasteiger partial charge in [-0.3, -0.25) is 48.3 Å². The quantitative estimate of drug-likeness (QED) is 0.0254. The lowest BCUT2D eigenvalue weighted by molar-refractivity contribution is -0.129. The molecule has 5 heterocycles. The summed E-state index contributed by atoms with van der Waals surface area (Å²) in [6, 6.07) is 32.7. The summed E-state index contributed by atoms with van der Waals surface area (Å²) in [7, 11) is -5.21. The molecule has 4 unspecified atom stereocenters. The molecule has 37 heteroatoms. The topological polar surface area (TPSA) is 471 Å². The van der Waals surface area contributed by atoms with E-state index in [0.717, 1.165) is 38.1 Å². The van der Waals surface area contributed by atoms with Gasteiger partial charge in [-0.1, -0.05) is 114 Å². The number of ketones is 7. The molecule has 4 aromatic carbocycles. The van der Waals surface area contributed by atoms with Crippen molar-refractivity contribution in [2.45, 2.75) is 61.8 Å². The molecule has 0 aliphatic rings. The van der Waals surface area contributed by atoms with Gasteiger partial charge in [0, 0.05) is 84.6 Å². The van der Waals surface area contributed by atoms with Crippen LogP contribution in [0.5, 0.6) is 0 Å². The van der Waals surface area contributed by atoms with Gasteiger partial charge in [-0.25, -0.2) is 31.9 Å². The van der Waals surface area contributed by atoms with Crippen molar-refractivity contribution in [3.05, 3.63) is 190 Å². The number of sulfone groups is 1. The molecular weight excluding hydrogens is 1400 g/mol. The Morgan fingerprint density at radius 2 is 1.17 bits per heavy atom. The fourth-order valence-corrected chi connectivity index (χ4v) is 12.2. The van der Waals surface area contributed by atoms with Crippen LogP contribution in [0, 0.1) is 29.6 Å². The highest BCUT2D eigenvalue weighted by Gasteiger charge is 2.35. The molecule has 0 fully saturated rings. The minimum Gasteiger partial charge on any atom is -0.346 e. The van der Waals surface area contributed by atoms with E-state index >= 15 is 0 Å². The minimum absolute atomic E-state index is 0.000701. The predicted molar refractivity (Wildman–Crippen MR) is 366 cm³/mol. The maximum atomic E-state index is 13.0. The van der Waals surface area contributed by atoms with Gasteiger partial charge >= 0.3 is 0 Å². The molecule has 99 heavy (non-hydrogen) atoms. The number of benzene rings is 4. The van der Waals surface area contributed by atoms with E-state index < -0.39 is 71.7 Å². The number of fused-ring (bicyclic) bond motifs is 1. The molecule has 4 atom stereocenters. The van der Waals surface area contributed by atoms with Gasteiger partial charge in [0.1, 0.15) is 17.2 Å². The third-order valence-electron chi connectivity index (χ3n) is 12.5. The molecule has 2 N–H and O–H groups in total. The second kappa shape index (κ2) is 36.3. The number of aromatic nitrogens is 7. The lowest BCUT2D eigenvalue weighted by atomic mass is 10.0. The zero-order chi connectivity index (χ0) is 72.6. The van der Waals surface area contributed by atoms with Crippen LogP contribution in [0.15, 0.2) is 185 Å². The number of nitrogens with zero attached hydrogens (tertiary/aromatic N) is 18. The molecule has 0 aliphatic carbocycles. The van der Waals surface area contributed by atoms with Gasteiger partial charge in [0.25, 0.3) is 11.0 Å². The predicted octanol–water partition coefficient (Wildman–Crippen LogP) is 10.9. The molecule has 5 aromatic heterocycles. The summed E-state index contributed by atoms with van der Waals surface area (Å²) in [6.07, 6.45) is 5.23. The molecule has 31 nitrogen and oxygen atoms in total. The van der Waals surface area contributed by atoms with Crippen molar-refractivity contribution in [1.29, 1.82) is 10.5 Å². The fourth-order valence-electron chi connectivity index (χ4n) is 7.95. The molecule has 0 bridgehead atoms. The fraction of sp³-hybridized carbons (Fsp3) is 0.210. The molecule has 9 aromatic rings. The Labute approximate surface area is 581 Å². The third-order valence-corrected chi connectivity index (χ3v) is 18.0.